The number of thiazole rings is 1. The Hall–Kier alpha value is 0.0300. The van der Waals surface area contributed by atoms with Gasteiger partial charge in [0.1, 0.15) is 5.01 Å². The largest absolute Gasteiger partial charge is 0.327 e. The molecule has 2 atom stereocenters. The molecular weight excluding hydrogens is 274 g/mol. The number of nitrogens with zero attached hydrogens (tertiary/aromatic N) is 2. The van der Waals surface area contributed by atoms with Gasteiger partial charge in [-0.3, -0.25) is 4.90 Å². The van der Waals surface area contributed by atoms with E-state index in [1.165, 1.54) is 5.01 Å². The van der Waals surface area contributed by atoms with Crippen LogP contribution in [0.3, 0.4) is 0 Å². The highest BCUT2D eigenvalue weighted by molar-refractivity contribution is 9.11. The van der Waals surface area contributed by atoms with E-state index in [1.807, 2.05) is 6.20 Å². The van der Waals surface area contributed by atoms with Crippen LogP contribution in [0.15, 0.2) is 9.98 Å². The minimum absolute atomic E-state index is 0.379. The van der Waals surface area contributed by atoms with Gasteiger partial charge in [0, 0.05) is 19.1 Å². The third kappa shape index (κ3) is 3.00. The monoisotopic (exact) mass is 289 g/mol. The predicted molar refractivity (Wildman–Crippen MR) is 66.8 cm³/mol. The first-order chi connectivity index (χ1) is 7.15. The van der Waals surface area contributed by atoms with Gasteiger partial charge >= 0.3 is 0 Å². The average molecular weight is 290 g/mol. The second-order valence-electron chi connectivity index (χ2n) is 4.22. The van der Waals surface area contributed by atoms with E-state index in [2.05, 4.69) is 32.7 Å². The van der Waals surface area contributed by atoms with Gasteiger partial charge in [0.05, 0.1) is 16.5 Å². The zero-order valence-electron chi connectivity index (χ0n) is 8.82. The smallest absolute Gasteiger partial charge is 0.108 e. The van der Waals surface area contributed by atoms with Crippen LogP contribution in [0.2, 0.25) is 0 Å². The predicted octanol–water partition coefficient (Wildman–Crippen LogP) is 2.07. The molecule has 0 bridgehead atoms. The summed E-state index contributed by atoms with van der Waals surface area (Å²) in [5.41, 5.74) is 5.99. The number of nitrogens with two attached hydrogens (primary N) is 1. The molecule has 84 valence electrons. The highest BCUT2D eigenvalue weighted by atomic mass is 79.9. The minimum atomic E-state index is 0.379. The van der Waals surface area contributed by atoms with Crippen molar-refractivity contribution in [2.45, 2.75) is 25.9 Å². The Morgan fingerprint density at radius 3 is 3.13 bits per heavy atom. The second kappa shape index (κ2) is 4.91. The lowest BCUT2D eigenvalue weighted by Crippen LogP contribution is -2.45. The Morgan fingerprint density at radius 2 is 2.53 bits per heavy atom. The van der Waals surface area contributed by atoms with Gasteiger partial charge in [0.2, 0.25) is 0 Å². The van der Waals surface area contributed by atoms with Crippen LogP contribution in [0.25, 0.3) is 0 Å². The second-order valence-corrected chi connectivity index (χ2v) is 6.72. The lowest BCUT2D eigenvalue weighted by atomic mass is 9.95. The molecule has 1 saturated heterocycles. The molecule has 15 heavy (non-hydrogen) atoms. The van der Waals surface area contributed by atoms with Gasteiger partial charge in [-0.1, -0.05) is 6.92 Å². The number of hydrogen-bond donors (Lipinski definition) is 1. The molecule has 1 aromatic heterocycles. The molecule has 1 fully saturated rings. The lowest BCUT2D eigenvalue weighted by molar-refractivity contribution is 0.157. The summed E-state index contributed by atoms with van der Waals surface area (Å²) >= 11 is 5.15. The topological polar surface area (TPSA) is 42.2 Å². The zero-order valence-corrected chi connectivity index (χ0v) is 11.2. The Bertz CT molecular complexity index is 328. The number of hydrogen-bond acceptors (Lipinski definition) is 4. The molecule has 0 spiro atoms. The van der Waals surface area contributed by atoms with Crippen LogP contribution in [0.1, 0.15) is 18.4 Å². The number of rotatable bonds is 2. The standard InChI is InChI=1S/C10H16BrN3S/c1-7-5-14(3-2-8(7)12)6-10-13-4-9(11)15-10/h4,7-8H,2-3,5-6,12H2,1H3. The van der Waals surface area contributed by atoms with Crippen LogP contribution in [0.4, 0.5) is 0 Å². The normalized spacial score (nSPS) is 28.2. The van der Waals surface area contributed by atoms with Crippen molar-refractivity contribution in [3.8, 4) is 0 Å². The van der Waals surface area contributed by atoms with E-state index < -0.39 is 0 Å². The summed E-state index contributed by atoms with van der Waals surface area (Å²) in [6.07, 6.45) is 2.98. The van der Waals surface area contributed by atoms with Crippen molar-refractivity contribution >= 4 is 27.3 Å². The van der Waals surface area contributed by atoms with E-state index in [9.17, 15) is 0 Å². The minimum Gasteiger partial charge on any atom is -0.327 e. The molecule has 0 amide bonds. The van der Waals surface area contributed by atoms with E-state index in [1.54, 1.807) is 11.3 Å². The molecule has 0 aliphatic carbocycles. The number of halogens is 1. The van der Waals surface area contributed by atoms with Crippen LogP contribution < -0.4 is 5.73 Å². The van der Waals surface area contributed by atoms with Crippen molar-refractivity contribution in [1.29, 1.82) is 0 Å². The zero-order chi connectivity index (χ0) is 10.8. The Balaban J connectivity index is 1.90. The van der Waals surface area contributed by atoms with Crippen molar-refractivity contribution in [3.63, 3.8) is 0 Å². The first-order valence-corrected chi connectivity index (χ1v) is 6.84. The quantitative estimate of drug-likeness (QED) is 0.906. The van der Waals surface area contributed by atoms with E-state index in [-0.39, 0.29) is 0 Å². The van der Waals surface area contributed by atoms with Gasteiger partial charge in [-0.15, -0.1) is 11.3 Å². The van der Waals surface area contributed by atoms with E-state index in [0.717, 1.165) is 29.8 Å². The summed E-state index contributed by atoms with van der Waals surface area (Å²) in [5, 5.41) is 1.18. The maximum Gasteiger partial charge on any atom is 0.108 e. The van der Waals surface area contributed by atoms with Gasteiger partial charge in [-0.25, -0.2) is 4.98 Å². The summed E-state index contributed by atoms with van der Waals surface area (Å²) in [6, 6.07) is 0.379. The molecule has 2 unspecified atom stereocenters. The van der Waals surface area contributed by atoms with Crippen molar-refractivity contribution in [3.05, 3.63) is 15.0 Å². The molecule has 1 aliphatic heterocycles. The van der Waals surface area contributed by atoms with Crippen LogP contribution in [-0.4, -0.2) is 29.0 Å². The summed E-state index contributed by atoms with van der Waals surface area (Å²) in [7, 11) is 0. The van der Waals surface area contributed by atoms with Crippen LogP contribution in [0.5, 0.6) is 0 Å². The van der Waals surface area contributed by atoms with Gasteiger partial charge < -0.3 is 5.73 Å². The molecule has 5 heteroatoms. The number of likely N-dealkylation sites (tertiary alicyclic amines) is 1. The fourth-order valence-corrected chi connectivity index (χ4v) is 3.29. The van der Waals surface area contributed by atoms with Crippen molar-refractivity contribution in [2.75, 3.05) is 13.1 Å². The summed E-state index contributed by atoms with van der Waals surface area (Å²) < 4.78 is 1.11. The van der Waals surface area contributed by atoms with E-state index >= 15 is 0 Å². The van der Waals surface area contributed by atoms with Crippen LogP contribution in [0, 0.1) is 5.92 Å². The molecule has 1 aromatic rings. The molecule has 2 heterocycles. The summed E-state index contributed by atoms with van der Waals surface area (Å²) in [5.74, 6) is 0.599. The molecule has 0 radical (unpaired) electrons. The van der Waals surface area contributed by atoms with Gasteiger partial charge in [0.15, 0.2) is 0 Å². The third-order valence-corrected chi connectivity index (χ3v) is 4.40. The maximum absolute atomic E-state index is 5.99. The van der Waals surface area contributed by atoms with E-state index in [0.29, 0.717) is 12.0 Å². The van der Waals surface area contributed by atoms with Crippen molar-refractivity contribution < 1.29 is 0 Å². The first-order valence-electron chi connectivity index (χ1n) is 5.23. The summed E-state index contributed by atoms with van der Waals surface area (Å²) in [4.78, 5) is 6.80. The summed E-state index contributed by atoms with van der Waals surface area (Å²) in [6.45, 7) is 5.39. The highest BCUT2D eigenvalue weighted by Gasteiger charge is 2.23. The lowest BCUT2D eigenvalue weighted by Gasteiger charge is -2.34. The van der Waals surface area contributed by atoms with Crippen LogP contribution >= 0.6 is 27.3 Å². The molecule has 3 nitrogen and oxygen atoms in total. The molecular formula is C10H16BrN3S. The van der Waals surface area contributed by atoms with Crippen molar-refractivity contribution in [2.24, 2.45) is 11.7 Å². The molecule has 2 N–H and O–H groups in total. The van der Waals surface area contributed by atoms with E-state index in [4.69, 9.17) is 5.73 Å². The van der Waals surface area contributed by atoms with Crippen molar-refractivity contribution in [1.82, 2.24) is 9.88 Å². The fraction of sp³-hybridized carbons (Fsp3) is 0.700. The number of piperidine rings is 1. The van der Waals surface area contributed by atoms with Gasteiger partial charge in [0.25, 0.3) is 0 Å². The molecule has 0 saturated carbocycles. The number of aromatic nitrogens is 1. The SMILES string of the molecule is CC1CN(Cc2ncc(Br)s2)CCC1N. The first kappa shape index (κ1) is 11.5. The molecule has 2 rings (SSSR count). The fourth-order valence-electron chi connectivity index (χ4n) is 1.95. The Morgan fingerprint density at radius 1 is 1.73 bits per heavy atom. The molecule has 0 aromatic carbocycles. The van der Waals surface area contributed by atoms with Gasteiger partial charge in [-0.05, 0) is 28.3 Å². The van der Waals surface area contributed by atoms with Gasteiger partial charge in [-0.2, -0.15) is 0 Å². The van der Waals surface area contributed by atoms with Crippen LogP contribution in [-0.2, 0) is 6.54 Å². The Labute approximate surface area is 103 Å². The highest BCUT2D eigenvalue weighted by Crippen LogP contribution is 2.22. The molecule has 1 aliphatic rings. The third-order valence-electron chi connectivity index (χ3n) is 2.94. The average Bonchev–Trinajstić information content (AvgIpc) is 2.58. The maximum atomic E-state index is 5.99. The Kier molecular flexibility index (Phi) is 3.77.